The van der Waals surface area contributed by atoms with E-state index in [0.717, 1.165) is 11.4 Å². The lowest BCUT2D eigenvalue weighted by molar-refractivity contribution is -0.427. The highest BCUT2D eigenvalue weighted by Gasteiger charge is 2.17. The van der Waals surface area contributed by atoms with E-state index in [9.17, 15) is 13.0 Å². The molecule has 0 aromatic heterocycles. The van der Waals surface area contributed by atoms with Gasteiger partial charge in [0, 0.05) is 17.9 Å². The molecule has 0 saturated carbocycles. The van der Waals surface area contributed by atoms with Gasteiger partial charge >= 0.3 is 0 Å². The zero-order valence-corrected chi connectivity index (χ0v) is 13.1. The number of hydrogen-bond acceptors (Lipinski definition) is 4. The predicted octanol–water partition coefficient (Wildman–Crippen LogP) is 2.26. The molecule has 0 aliphatic carbocycles. The van der Waals surface area contributed by atoms with Crippen LogP contribution in [0.4, 0.5) is 5.69 Å². The first kappa shape index (κ1) is 15.9. The van der Waals surface area contributed by atoms with Gasteiger partial charge in [0.15, 0.2) is 6.21 Å². The molecule has 0 atom stereocenters. The van der Waals surface area contributed by atoms with Crippen molar-refractivity contribution in [1.29, 1.82) is 0 Å². The standard InChI is InChI=1S/C15H20N2O3S/c1-12(2)13-5-7-15(8-6-13)17-10-14(16-11-17)4-3-9-21(18,19)20/h5-8,10,12H,3-4,9,11H2,1-2H3. The third-order valence-corrected chi connectivity index (χ3v) is 4.24. The van der Waals surface area contributed by atoms with Crippen LogP contribution >= 0.6 is 0 Å². The van der Waals surface area contributed by atoms with Crippen LogP contribution < -0.4 is 0 Å². The van der Waals surface area contributed by atoms with Gasteiger partial charge in [0.05, 0.1) is 10.1 Å². The molecule has 1 aromatic rings. The van der Waals surface area contributed by atoms with Crippen molar-refractivity contribution in [1.82, 2.24) is 0 Å². The third kappa shape index (κ3) is 4.75. The van der Waals surface area contributed by atoms with Crippen LogP contribution in [-0.4, -0.2) is 41.9 Å². The lowest BCUT2D eigenvalue weighted by Crippen LogP contribution is -2.08. The molecule has 0 bridgehead atoms. The van der Waals surface area contributed by atoms with Gasteiger partial charge in [-0.3, -0.25) is 0 Å². The molecule has 1 aliphatic rings. The number of hydrogen-bond donors (Lipinski definition) is 0. The van der Waals surface area contributed by atoms with Crippen LogP contribution in [0.5, 0.6) is 0 Å². The van der Waals surface area contributed by atoms with Gasteiger partial charge in [0.2, 0.25) is 12.4 Å². The molecule has 1 aromatic carbocycles. The molecule has 1 aliphatic heterocycles. The Morgan fingerprint density at radius 2 is 1.95 bits per heavy atom. The molecule has 21 heavy (non-hydrogen) atoms. The smallest absolute Gasteiger partial charge is 0.241 e. The lowest BCUT2D eigenvalue weighted by Gasteiger charge is -2.04. The number of benzene rings is 1. The quantitative estimate of drug-likeness (QED) is 0.597. The maximum absolute atomic E-state index is 10.6. The van der Waals surface area contributed by atoms with Crippen molar-refractivity contribution >= 4 is 27.7 Å². The van der Waals surface area contributed by atoms with E-state index in [2.05, 4.69) is 43.1 Å². The molecule has 0 saturated heterocycles. The summed E-state index contributed by atoms with van der Waals surface area (Å²) >= 11 is 0. The van der Waals surface area contributed by atoms with Gasteiger partial charge in [-0.05, 0) is 24.3 Å². The molecule has 1 heterocycles. The van der Waals surface area contributed by atoms with Gasteiger partial charge in [0.25, 0.3) is 0 Å². The zero-order valence-electron chi connectivity index (χ0n) is 12.3. The highest BCUT2D eigenvalue weighted by molar-refractivity contribution is 7.85. The molecular weight excluding hydrogens is 288 g/mol. The predicted molar refractivity (Wildman–Crippen MR) is 82.6 cm³/mol. The van der Waals surface area contributed by atoms with Crippen LogP contribution in [-0.2, 0) is 10.1 Å². The molecule has 0 spiro atoms. The largest absolute Gasteiger partial charge is 0.748 e. The molecule has 5 nitrogen and oxygen atoms in total. The molecule has 0 radical (unpaired) electrons. The van der Waals surface area contributed by atoms with Crippen molar-refractivity contribution in [2.24, 2.45) is 4.99 Å². The van der Waals surface area contributed by atoms with E-state index in [0.29, 0.717) is 25.4 Å². The minimum Gasteiger partial charge on any atom is -0.748 e. The summed E-state index contributed by atoms with van der Waals surface area (Å²) < 4.78 is 33.7. The zero-order chi connectivity index (χ0) is 15.5. The Kier molecular flexibility index (Phi) is 4.90. The monoisotopic (exact) mass is 308 g/mol. The number of rotatable bonds is 6. The molecule has 0 amide bonds. The fourth-order valence-corrected chi connectivity index (χ4v) is 2.71. The Balaban J connectivity index is 1.96. The molecule has 0 N–H and O–H groups in total. The van der Waals surface area contributed by atoms with Crippen molar-refractivity contribution in [3.63, 3.8) is 0 Å². The van der Waals surface area contributed by atoms with Crippen LogP contribution in [0.25, 0.3) is 0 Å². The summed E-state index contributed by atoms with van der Waals surface area (Å²) in [6.45, 7) is 4.85. The summed E-state index contributed by atoms with van der Waals surface area (Å²) in [5, 5.41) is 0. The van der Waals surface area contributed by atoms with Gasteiger partial charge in [-0.1, -0.05) is 26.0 Å². The van der Waals surface area contributed by atoms with E-state index in [1.807, 2.05) is 10.8 Å². The maximum Gasteiger partial charge on any atom is 0.241 e. The lowest BCUT2D eigenvalue weighted by atomic mass is 10.0. The summed E-state index contributed by atoms with van der Waals surface area (Å²) in [6.07, 6.45) is 2.76. The van der Waals surface area contributed by atoms with Crippen LogP contribution in [0.2, 0.25) is 0 Å². The van der Waals surface area contributed by atoms with Crippen LogP contribution in [0.15, 0.2) is 29.3 Å². The van der Waals surface area contributed by atoms with Crippen molar-refractivity contribution in [3.8, 4) is 0 Å². The van der Waals surface area contributed by atoms with E-state index in [1.165, 1.54) is 5.56 Å². The first-order valence-electron chi connectivity index (χ1n) is 7.03. The maximum atomic E-state index is 10.6. The van der Waals surface area contributed by atoms with E-state index < -0.39 is 10.1 Å². The fraction of sp³-hybridized carbons (Fsp3) is 0.467. The molecule has 2 rings (SSSR count). The van der Waals surface area contributed by atoms with E-state index >= 15 is 0 Å². The molecule has 0 unspecified atom stereocenters. The van der Waals surface area contributed by atoms with Crippen molar-refractivity contribution in [3.05, 3.63) is 29.8 Å². The molecule has 114 valence electrons. The van der Waals surface area contributed by atoms with Gasteiger partial charge in [-0.25, -0.2) is 13.4 Å². The Hall–Kier alpha value is -1.53. The van der Waals surface area contributed by atoms with Crippen LogP contribution in [0.3, 0.4) is 0 Å². The highest BCUT2D eigenvalue weighted by Crippen LogP contribution is 2.19. The van der Waals surface area contributed by atoms with Gasteiger partial charge in [-0.2, -0.15) is 4.58 Å². The van der Waals surface area contributed by atoms with Gasteiger partial charge in [0.1, 0.15) is 5.71 Å². The van der Waals surface area contributed by atoms with E-state index in [-0.39, 0.29) is 5.75 Å². The van der Waals surface area contributed by atoms with Crippen molar-refractivity contribution in [2.45, 2.75) is 32.6 Å². The first-order valence-corrected chi connectivity index (χ1v) is 8.61. The minimum absolute atomic E-state index is 0.321. The highest BCUT2D eigenvalue weighted by atomic mass is 32.2. The number of aliphatic imine (C=N–C) groups is 1. The van der Waals surface area contributed by atoms with Crippen LogP contribution in [0.1, 0.15) is 38.2 Å². The molecule has 6 heteroatoms. The summed E-state index contributed by atoms with van der Waals surface area (Å²) in [6, 6.07) is 8.34. The fourth-order valence-electron chi connectivity index (χ4n) is 2.21. The Bertz CT molecular complexity index is 659. The third-order valence-electron chi connectivity index (χ3n) is 3.45. The summed E-state index contributed by atoms with van der Waals surface area (Å²) in [5.41, 5.74) is 3.20. The summed E-state index contributed by atoms with van der Waals surface area (Å²) in [4.78, 5) is 4.36. The topological polar surface area (TPSA) is 72.6 Å². The van der Waals surface area contributed by atoms with Crippen molar-refractivity contribution < 1.29 is 17.5 Å². The van der Waals surface area contributed by atoms with Gasteiger partial charge in [-0.15, -0.1) is 0 Å². The Morgan fingerprint density at radius 3 is 2.52 bits per heavy atom. The summed E-state index contributed by atoms with van der Waals surface area (Å²) in [7, 11) is -4.13. The average Bonchev–Trinajstić information content (AvgIpc) is 2.86. The molecule has 0 fully saturated rings. The second-order valence-electron chi connectivity index (χ2n) is 5.50. The van der Waals surface area contributed by atoms with E-state index in [4.69, 9.17) is 0 Å². The number of nitrogens with zero attached hydrogens (tertiary/aromatic N) is 2. The SMILES string of the molecule is CC(C)c1ccc([N+]2=CC(CCCS(=O)(=O)[O-])=NC2)cc1. The average molecular weight is 308 g/mol. The first-order chi connectivity index (χ1) is 9.85. The minimum atomic E-state index is -4.13. The Labute approximate surface area is 125 Å². The second-order valence-corrected chi connectivity index (χ2v) is 7.02. The van der Waals surface area contributed by atoms with Crippen LogP contribution in [0, 0.1) is 0 Å². The summed E-state index contributed by atoms with van der Waals surface area (Å²) in [5.74, 6) is 0.172. The normalized spacial score (nSPS) is 15.2. The van der Waals surface area contributed by atoms with Gasteiger partial charge < -0.3 is 4.55 Å². The Morgan fingerprint density at radius 1 is 1.29 bits per heavy atom. The molecular formula is C15H20N2O3S. The van der Waals surface area contributed by atoms with Crippen molar-refractivity contribution in [2.75, 3.05) is 12.4 Å². The second kappa shape index (κ2) is 6.49. The van der Waals surface area contributed by atoms with E-state index in [1.54, 1.807) is 0 Å².